The first kappa shape index (κ1) is 16.1. The van der Waals surface area contributed by atoms with E-state index in [1.165, 1.54) is 8.61 Å². The van der Waals surface area contributed by atoms with E-state index in [1.54, 1.807) is 7.05 Å². The Morgan fingerprint density at radius 2 is 2.06 bits per heavy atom. The van der Waals surface area contributed by atoms with Crippen molar-refractivity contribution in [2.24, 2.45) is 5.73 Å². The van der Waals surface area contributed by atoms with Gasteiger partial charge in [0.25, 0.3) is 10.2 Å². The molecule has 1 fully saturated rings. The van der Waals surface area contributed by atoms with Crippen LogP contribution in [-0.4, -0.2) is 49.2 Å². The fraction of sp³-hybridized carbons (Fsp3) is 1.00. The summed E-state index contributed by atoms with van der Waals surface area (Å²) in [5.41, 5.74) is 5.57. The fourth-order valence-corrected chi connectivity index (χ4v) is 3.57. The first-order valence-corrected chi connectivity index (χ1v) is 6.75. The Morgan fingerprint density at radius 1 is 1.50 bits per heavy atom. The average molecular weight is 272 g/mol. The normalized spacial score (nSPS) is 22.8. The van der Waals surface area contributed by atoms with Gasteiger partial charge in [-0.05, 0) is 26.7 Å². The van der Waals surface area contributed by atoms with Crippen LogP contribution in [-0.2, 0) is 10.2 Å². The summed E-state index contributed by atoms with van der Waals surface area (Å²) < 4.78 is 27.2. The fourth-order valence-electron chi connectivity index (χ4n) is 1.78. The highest BCUT2D eigenvalue weighted by Gasteiger charge is 2.36. The Kier molecular flexibility index (Phi) is 6.21. The van der Waals surface area contributed by atoms with Crippen LogP contribution in [0, 0.1) is 0 Å². The van der Waals surface area contributed by atoms with E-state index in [-0.39, 0.29) is 24.5 Å². The van der Waals surface area contributed by atoms with Gasteiger partial charge < -0.3 is 5.73 Å². The Morgan fingerprint density at radius 3 is 2.50 bits per heavy atom. The van der Waals surface area contributed by atoms with Crippen LogP contribution in [0.2, 0.25) is 0 Å². The van der Waals surface area contributed by atoms with Gasteiger partial charge in [0, 0.05) is 32.2 Å². The van der Waals surface area contributed by atoms with Gasteiger partial charge >= 0.3 is 0 Å². The van der Waals surface area contributed by atoms with Crippen molar-refractivity contribution in [3.63, 3.8) is 0 Å². The Labute approximate surface area is 105 Å². The molecule has 0 spiro atoms. The molecule has 1 rings (SSSR count). The van der Waals surface area contributed by atoms with E-state index in [9.17, 15) is 8.42 Å². The minimum absolute atomic E-state index is 0. The highest BCUT2D eigenvalue weighted by Crippen LogP contribution is 2.22. The highest BCUT2D eigenvalue weighted by molar-refractivity contribution is 7.86. The van der Waals surface area contributed by atoms with Crippen molar-refractivity contribution in [2.75, 3.05) is 20.1 Å². The molecule has 0 aromatic carbocycles. The van der Waals surface area contributed by atoms with Gasteiger partial charge in [-0.3, -0.25) is 0 Å². The van der Waals surface area contributed by atoms with Crippen molar-refractivity contribution >= 4 is 22.6 Å². The molecule has 1 heterocycles. The Bertz CT molecular complexity index is 308. The van der Waals surface area contributed by atoms with Crippen LogP contribution in [0.15, 0.2) is 0 Å². The molecule has 98 valence electrons. The van der Waals surface area contributed by atoms with E-state index in [0.717, 1.165) is 12.8 Å². The van der Waals surface area contributed by atoms with E-state index in [1.807, 2.05) is 13.8 Å². The van der Waals surface area contributed by atoms with Crippen molar-refractivity contribution in [3.05, 3.63) is 0 Å². The molecule has 0 aromatic rings. The second kappa shape index (κ2) is 6.16. The molecule has 0 aromatic heterocycles. The molecule has 1 saturated heterocycles. The Hall–Kier alpha value is 0.120. The summed E-state index contributed by atoms with van der Waals surface area (Å²) in [6.07, 6.45) is 1.79. The molecule has 0 radical (unpaired) electrons. The van der Waals surface area contributed by atoms with E-state index < -0.39 is 10.2 Å². The molecule has 2 N–H and O–H groups in total. The van der Waals surface area contributed by atoms with Crippen molar-refractivity contribution in [1.29, 1.82) is 0 Å². The van der Waals surface area contributed by atoms with Gasteiger partial charge in [-0.15, -0.1) is 12.4 Å². The van der Waals surface area contributed by atoms with Gasteiger partial charge in [-0.25, -0.2) is 0 Å². The number of nitrogens with zero attached hydrogens (tertiary/aromatic N) is 2. The average Bonchev–Trinajstić information content (AvgIpc) is 2.64. The minimum Gasteiger partial charge on any atom is -0.329 e. The van der Waals surface area contributed by atoms with Crippen LogP contribution in [0.5, 0.6) is 0 Å². The van der Waals surface area contributed by atoms with Crippen LogP contribution in [0.25, 0.3) is 0 Å². The number of hydrogen-bond donors (Lipinski definition) is 1. The van der Waals surface area contributed by atoms with Crippen LogP contribution >= 0.6 is 12.4 Å². The van der Waals surface area contributed by atoms with Crippen LogP contribution in [0.3, 0.4) is 0 Å². The minimum atomic E-state index is -3.31. The lowest BCUT2D eigenvalue weighted by Crippen LogP contribution is -2.48. The summed E-state index contributed by atoms with van der Waals surface area (Å²) in [6, 6.07) is -0.0368. The summed E-state index contributed by atoms with van der Waals surface area (Å²) in [7, 11) is -1.70. The highest BCUT2D eigenvalue weighted by atomic mass is 35.5. The van der Waals surface area contributed by atoms with Gasteiger partial charge in [0.15, 0.2) is 0 Å². The van der Waals surface area contributed by atoms with E-state index >= 15 is 0 Å². The first-order valence-electron chi connectivity index (χ1n) is 5.36. The molecule has 1 atom stereocenters. The number of nitrogens with two attached hydrogens (primary N) is 1. The lowest BCUT2D eigenvalue weighted by Gasteiger charge is -2.30. The molecule has 0 saturated carbocycles. The SMILES string of the molecule is CC(C)N(C)S(=O)(=O)N1CCCC1CN.Cl. The quantitative estimate of drug-likeness (QED) is 0.806. The molecule has 1 unspecified atom stereocenters. The first-order chi connectivity index (χ1) is 6.91. The second-order valence-corrected chi connectivity index (χ2v) is 6.20. The number of rotatable bonds is 4. The lowest BCUT2D eigenvalue weighted by molar-refractivity contribution is 0.325. The molecule has 0 amide bonds. The standard InChI is InChI=1S/C9H21N3O2S.ClH/c1-8(2)11(3)15(13,14)12-6-4-5-9(12)7-10;/h8-9H,4-7,10H2,1-3H3;1H. The predicted molar refractivity (Wildman–Crippen MR) is 67.8 cm³/mol. The van der Waals surface area contributed by atoms with Gasteiger partial charge in [0.1, 0.15) is 0 Å². The molecule has 0 bridgehead atoms. The van der Waals surface area contributed by atoms with Crippen molar-refractivity contribution in [2.45, 2.75) is 38.8 Å². The number of halogens is 1. The lowest BCUT2D eigenvalue weighted by atomic mass is 10.2. The van der Waals surface area contributed by atoms with Crippen LogP contribution in [0.1, 0.15) is 26.7 Å². The zero-order chi connectivity index (χ0) is 11.6. The van der Waals surface area contributed by atoms with Crippen molar-refractivity contribution in [1.82, 2.24) is 8.61 Å². The maximum Gasteiger partial charge on any atom is 0.282 e. The molecule has 16 heavy (non-hydrogen) atoms. The smallest absolute Gasteiger partial charge is 0.282 e. The van der Waals surface area contributed by atoms with Crippen molar-refractivity contribution < 1.29 is 8.42 Å². The van der Waals surface area contributed by atoms with Crippen molar-refractivity contribution in [3.8, 4) is 0 Å². The molecular weight excluding hydrogens is 250 g/mol. The third kappa shape index (κ3) is 3.07. The second-order valence-electron chi connectivity index (χ2n) is 4.26. The van der Waals surface area contributed by atoms with Gasteiger partial charge in [0.05, 0.1) is 0 Å². The van der Waals surface area contributed by atoms with Gasteiger partial charge in [0.2, 0.25) is 0 Å². The topological polar surface area (TPSA) is 66.6 Å². The summed E-state index contributed by atoms with van der Waals surface area (Å²) in [6.45, 7) is 4.74. The molecular formula is C9H22ClN3O2S. The molecule has 7 heteroatoms. The summed E-state index contributed by atoms with van der Waals surface area (Å²) in [5, 5.41) is 0. The maximum atomic E-state index is 12.1. The zero-order valence-corrected chi connectivity index (χ0v) is 11.7. The predicted octanol–water partition coefficient (Wildman–Crippen LogP) is 0.416. The third-order valence-corrected chi connectivity index (χ3v) is 5.21. The van der Waals surface area contributed by atoms with E-state index in [2.05, 4.69) is 0 Å². The summed E-state index contributed by atoms with van der Waals surface area (Å²) in [4.78, 5) is 0. The monoisotopic (exact) mass is 271 g/mol. The van der Waals surface area contributed by atoms with Crippen LogP contribution in [0.4, 0.5) is 0 Å². The van der Waals surface area contributed by atoms with Crippen LogP contribution < -0.4 is 5.73 Å². The molecule has 5 nitrogen and oxygen atoms in total. The number of hydrogen-bond acceptors (Lipinski definition) is 3. The third-order valence-electron chi connectivity index (χ3n) is 2.98. The summed E-state index contributed by atoms with van der Waals surface area (Å²) >= 11 is 0. The van der Waals surface area contributed by atoms with E-state index in [4.69, 9.17) is 5.73 Å². The maximum absolute atomic E-state index is 12.1. The van der Waals surface area contributed by atoms with Gasteiger partial charge in [-0.2, -0.15) is 17.0 Å². The zero-order valence-electron chi connectivity index (χ0n) is 10.1. The largest absolute Gasteiger partial charge is 0.329 e. The molecule has 1 aliphatic rings. The Balaban J connectivity index is 0.00000225. The summed E-state index contributed by atoms with van der Waals surface area (Å²) in [5.74, 6) is 0. The molecule has 1 aliphatic heterocycles. The molecule has 0 aliphatic carbocycles. The van der Waals surface area contributed by atoms with E-state index in [0.29, 0.717) is 13.1 Å². The van der Waals surface area contributed by atoms with Gasteiger partial charge in [-0.1, -0.05) is 0 Å².